The molecule has 0 saturated heterocycles. The SMILES string of the molecule is C=CC1=C2C(=C)CC3(C(C)C)CC(=CC=C1)C23C. The normalized spacial score (nSPS) is 37.3. The quantitative estimate of drug-likeness (QED) is 0.636. The van der Waals surface area contributed by atoms with Crippen molar-refractivity contribution in [1.29, 1.82) is 0 Å². The molecule has 0 nitrogen and oxygen atoms in total. The molecule has 0 aromatic carbocycles. The Kier molecular flexibility index (Phi) is 2.21. The van der Waals surface area contributed by atoms with Gasteiger partial charge in [-0.25, -0.2) is 0 Å². The highest BCUT2D eigenvalue weighted by Crippen LogP contribution is 2.76. The molecule has 2 atom stereocenters. The maximum absolute atomic E-state index is 4.36. The topological polar surface area (TPSA) is 0 Å². The van der Waals surface area contributed by atoms with Crippen molar-refractivity contribution in [1.82, 2.24) is 0 Å². The Balaban J connectivity index is 2.29. The molecule has 0 radical (unpaired) electrons. The van der Waals surface area contributed by atoms with E-state index in [1.807, 2.05) is 6.08 Å². The molecule has 2 saturated carbocycles. The molecule has 0 N–H and O–H groups in total. The molecule has 0 spiro atoms. The first-order valence-corrected chi connectivity index (χ1v) is 6.90. The van der Waals surface area contributed by atoms with Crippen LogP contribution in [0.5, 0.6) is 0 Å². The van der Waals surface area contributed by atoms with E-state index < -0.39 is 0 Å². The molecule has 0 heterocycles. The predicted molar refractivity (Wildman–Crippen MR) is 78.2 cm³/mol. The van der Waals surface area contributed by atoms with Gasteiger partial charge in [-0.05, 0) is 40.9 Å². The fourth-order valence-corrected chi connectivity index (χ4v) is 4.60. The van der Waals surface area contributed by atoms with E-state index in [2.05, 4.69) is 52.2 Å². The van der Waals surface area contributed by atoms with Crippen molar-refractivity contribution in [2.24, 2.45) is 16.7 Å². The standard InChI is InChI=1S/C18H22/c1-6-14-8-7-9-15-11-18(12(2)3)10-13(4)16(14)17(15,18)5/h6-9,12H,1,4,10-11H2,2-3,5H3. The van der Waals surface area contributed by atoms with Crippen LogP contribution >= 0.6 is 0 Å². The van der Waals surface area contributed by atoms with Gasteiger partial charge >= 0.3 is 0 Å². The third-order valence-corrected chi connectivity index (χ3v) is 5.71. The second-order valence-corrected chi connectivity index (χ2v) is 6.48. The van der Waals surface area contributed by atoms with E-state index in [4.69, 9.17) is 0 Å². The Morgan fingerprint density at radius 3 is 2.67 bits per heavy atom. The molecule has 3 rings (SSSR count). The Bertz CT molecular complexity index is 538. The Morgan fingerprint density at radius 2 is 2.06 bits per heavy atom. The van der Waals surface area contributed by atoms with E-state index in [1.165, 1.54) is 23.1 Å². The molecular weight excluding hydrogens is 216 g/mol. The van der Waals surface area contributed by atoms with Crippen LogP contribution in [-0.2, 0) is 0 Å². The van der Waals surface area contributed by atoms with Crippen LogP contribution in [0.1, 0.15) is 33.6 Å². The number of rotatable bonds is 2. The third-order valence-electron chi connectivity index (χ3n) is 5.71. The molecule has 0 aliphatic heterocycles. The number of hydrogen-bond donors (Lipinski definition) is 0. The van der Waals surface area contributed by atoms with Gasteiger partial charge in [0.05, 0.1) is 0 Å². The molecule has 3 aliphatic rings. The Hall–Kier alpha value is -1.30. The first kappa shape index (κ1) is 11.8. The van der Waals surface area contributed by atoms with Crippen LogP contribution in [0, 0.1) is 16.7 Å². The van der Waals surface area contributed by atoms with Gasteiger partial charge in [0.25, 0.3) is 0 Å². The van der Waals surface area contributed by atoms with E-state index in [0.29, 0.717) is 11.3 Å². The highest BCUT2D eigenvalue weighted by molar-refractivity contribution is 5.63. The lowest BCUT2D eigenvalue weighted by Gasteiger charge is -2.59. The summed E-state index contributed by atoms with van der Waals surface area (Å²) in [5.41, 5.74) is 6.24. The minimum atomic E-state index is 0.200. The highest BCUT2D eigenvalue weighted by atomic mass is 14.7. The van der Waals surface area contributed by atoms with Gasteiger partial charge in [-0.15, -0.1) is 0 Å². The summed E-state index contributed by atoms with van der Waals surface area (Å²) in [5, 5.41) is 0. The second-order valence-electron chi connectivity index (χ2n) is 6.48. The molecule has 0 amide bonds. The van der Waals surface area contributed by atoms with E-state index >= 15 is 0 Å². The molecule has 2 fully saturated rings. The summed E-state index contributed by atoms with van der Waals surface area (Å²) in [5.74, 6) is 0.693. The van der Waals surface area contributed by atoms with Crippen LogP contribution < -0.4 is 0 Å². The third kappa shape index (κ3) is 1.03. The van der Waals surface area contributed by atoms with Crippen LogP contribution in [0.4, 0.5) is 0 Å². The van der Waals surface area contributed by atoms with Crippen LogP contribution in [0.15, 0.2) is 59.8 Å². The van der Waals surface area contributed by atoms with Crippen molar-refractivity contribution in [3.63, 3.8) is 0 Å². The lowest BCUT2D eigenvalue weighted by Crippen LogP contribution is -2.51. The van der Waals surface area contributed by atoms with E-state index in [1.54, 1.807) is 5.57 Å². The van der Waals surface area contributed by atoms with Gasteiger partial charge in [-0.1, -0.05) is 63.8 Å². The zero-order chi connectivity index (χ0) is 13.1. The summed E-state index contributed by atoms with van der Waals surface area (Å²) in [6.45, 7) is 15.5. The van der Waals surface area contributed by atoms with Gasteiger partial charge in [0, 0.05) is 5.41 Å². The van der Waals surface area contributed by atoms with Crippen molar-refractivity contribution >= 4 is 0 Å². The minimum Gasteiger partial charge on any atom is -0.0985 e. The van der Waals surface area contributed by atoms with Crippen LogP contribution in [0.2, 0.25) is 0 Å². The summed E-state index contributed by atoms with van der Waals surface area (Å²) in [4.78, 5) is 0. The monoisotopic (exact) mass is 238 g/mol. The maximum atomic E-state index is 4.36. The number of hydrogen-bond acceptors (Lipinski definition) is 0. The maximum Gasteiger partial charge on any atom is 0.0210 e. The second kappa shape index (κ2) is 3.38. The van der Waals surface area contributed by atoms with Crippen molar-refractivity contribution < 1.29 is 0 Å². The zero-order valence-electron chi connectivity index (χ0n) is 11.7. The molecule has 0 aromatic rings. The van der Waals surface area contributed by atoms with Crippen molar-refractivity contribution in [3.8, 4) is 0 Å². The Morgan fingerprint density at radius 1 is 1.33 bits per heavy atom. The van der Waals surface area contributed by atoms with Gasteiger partial charge in [-0.2, -0.15) is 0 Å². The molecule has 94 valence electrons. The van der Waals surface area contributed by atoms with Gasteiger partial charge in [-0.3, -0.25) is 0 Å². The minimum absolute atomic E-state index is 0.200. The van der Waals surface area contributed by atoms with Gasteiger partial charge in [0.1, 0.15) is 0 Å². The van der Waals surface area contributed by atoms with Crippen molar-refractivity contribution in [2.75, 3.05) is 0 Å². The molecular formula is C18H22. The Labute approximate surface area is 110 Å². The summed E-state index contributed by atoms with van der Waals surface area (Å²) in [7, 11) is 0. The highest BCUT2D eigenvalue weighted by Gasteiger charge is 2.66. The molecule has 0 heteroatoms. The van der Waals surface area contributed by atoms with E-state index in [0.717, 1.165) is 6.42 Å². The molecule has 2 unspecified atom stereocenters. The molecule has 18 heavy (non-hydrogen) atoms. The largest absolute Gasteiger partial charge is 0.0985 e. The zero-order valence-corrected chi connectivity index (χ0v) is 11.7. The summed E-state index contributed by atoms with van der Waals surface area (Å²) >= 11 is 0. The number of allylic oxidation sites excluding steroid dienone is 8. The fourth-order valence-electron chi connectivity index (χ4n) is 4.60. The van der Waals surface area contributed by atoms with Crippen molar-refractivity contribution in [2.45, 2.75) is 33.6 Å². The summed E-state index contributed by atoms with van der Waals surface area (Å²) < 4.78 is 0. The summed E-state index contributed by atoms with van der Waals surface area (Å²) in [6, 6.07) is 0. The van der Waals surface area contributed by atoms with E-state index in [-0.39, 0.29) is 5.41 Å². The van der Waals surface area contributed by atoms with E-state index in [9.17, 15) is 0 Å². The molecule has 0 bridgehead atoms. The van der Waals surface area contributed by atoms with Gasteiger partial charge in [0.2, 0.25) is 0 Å². The average molecular weight is 238 g/mol. The van der Waals surface area contributed by atoms with Crippen LogP contribution in [0.3, 0.4) is 0 Å². The van der Waals surface area contributed by atoms with Gasteiger partial charge in [0.15, 0.2) is 0 Å². The fraction of sp³-hybridized carbons (Fsp3) is 0.444. The lowest BCUT2D eigenvalue weighted by molar-refractivity contribution is 0.0137. The predicted octanol–water partition coefficient (Wildman–Crippen LogP) is 4.98. The first-order valence-electron chi connectivity index (χ1n) is 6.90. The average Bonchev–Trinajstić information content (AvgIpc) is 2.44. The van der Waals surface area contributed by atoms with Crippen molar-refractivity contribution in [3.05, 3.63) is 59.8 Å². The first-order chi connectivity index (χ1) is 8.47. The van der Waals surface area contributed by atoms with Gasteiger partial charge < -0.3 is 0 Å². The van der Waals surface area contributed by atoms with Crippen LogP contribution in [-0.4, -0.2) is 0 Å². The van der Waals surface area contributed by atoms with Crippen LogP contribution in [0.25, 0.3) is 0 Å². The lowest BCUT2D eigenvalue weighted by atomic mass is 9.44. The summed E-state index contributed by atoms with van der Waals surface area (Å²) in [6.07, 6.45) is 11.1. The smallest absolute Gasteiger partial charge is 0.0210 e. The molecule has 0 aromatic heterocycles. The molecule has 3 aliphatic carbocycles.